The molecule has 0 saturated heterocycles. The zero-order valence-corrected chi connectivity index (χ0v) is 17.0. The van der Waals surface area contributed by atoms with Gasteiger partial charge in [0.25, 0.3) is 0 Å². The van der Waals surface area contributed by atoms with Crippen LogP contribution in [0.1, 0.15) is 22.5 Å². The summed E-state index contributed by atoms with van der Waals surface area (Å²) in [5, 5.41) is 11.9. The van der Waals surface area contributed by atoms with Crippen molar-refractivity contribution >= 4 is 12.0 Å². The molecule has 0 unspecified atom stereocenters. The van der Waals surface area contributed by atoms with Gasteiger partial charge in [-0.25, -0.2) is 9.36 Å². The average Bonchev–Trinajstić information content (AvgIpc) is 3.37. The molecule has 0 aliphatic heterocycles. The predicted molar refractivity (Wildman–Crippen MR) is 117 cm³/mol. The van der Waals surface area contributed by atoms with Gasteiger partial charge in [0.05, 0.1) is 23.3 Å². The van der Waals surface area contributed by atoms with Gasteiger partial charge in [0.15, 0.2) is 0 Å². The van der Waals surface area contributed by atoms with Crippen molar-refractivity contribution in [1.82, 2.24) is 24.9 Å². The number of nitrogens with zero attached hydrogens (tertiary/aromatic N) is 4. The lowest BCUT2D eigenvalue weighted by Crippen LogP contribution is -2.19. The third-order valence-electron chi connectivity index (χ3n) is 4.87. The van der Waals surface area contributed by atoms with E-state index in [2.05, 4.69) is 15.5 Å². The first-order valence-corrected chi connectivity index (χ1v) is 9.78. The molecule has 4 rings (SSSR count). The summed E-state index contributed by atoms with van der Waals surface area (Å²) in [6, 6.07) is 19.8. The van der Waals surface area contributed by atoms with Crippen LogP contribution in [0.5, 0.6) is 0 Å². The number of para-hydroxylation sites is 2. The molecule has 0 fully saturated rings. The van der Waals surface area contributed by atoms with Crippen molar-refractivity contribution in [3.05, 3.63) is 102 Å². The molecule has 2 heterocycles. The molecule has 0 aliphatic carbocycles. The largest absolute Gasteiger partial charge is 0.348 e. The summed E-state index contributed by atoms with van der Waals surface area (Å²) in [7, 11) is 0. The maximum Gasteiger partial charge on any atom is 0.244 e. The van der Waals surface area contributed by atoms with Gasteiger partial charge >= 0.3 is 0 Å². The van der Waals surface area contributed by atoms with Crippen molar-refractivity contribution in [2.24, 2.45) is 0 Å². The van der Waals surface area contributed by atoms with Crippen molar-refractivity contribution in [3.8, 4) is 11.4 Å². The summed E-state index contributed by atoms with van der Waals surface area (Å²) in [5.41, 5.74) is 5.74. The molecule has 0 atom stereocenters. The Kier molecular flexibility index (Phi) is 5.57. The van der Waals surface area contributed by atoms with Crippen LogP contribution >= 0.6 is 0 Å². The Hall–Kier alpha value is -3.93. The summed E-state index contributed by atoms with van der Waals surface area (Å²) in [6.07, 6.45) is 7.04. The van der Waals surface area contributed by atoms with E-state index in [1.165, 1.54) is 0 Å². The Morgan fingerprint density at radius 2 is 1.67 bits per heavy atom. The number of hydrogen-bond donors (Lipinski definition) is 1. The van der Waals surface area contributed by atoms with Gasteiger partial charge in [-0.1, -0.05) is 36.4 Å². The summed E-state index contributed by atoms with van der Waals surface area (Å²) in [4.78, 5) is 12.3. The molecule has 4 aromatic rings. The second kappa shape index (κ2) is 8.61. The first-order chi connectivity index (χ1) is 14.6. The highest BCUT2D eigenvalue weighted by atomic mass is 16.1. The second-order valence-electron chi connectivity index (χ2n) is 7.01. The van der Waals surface area contributed by atoms with Crippen molar-refractivity contribution in [1.29, 1.82) is 0 Å². The predicted octanol–water partition coefficient (Wildman–Crippen LogP) is 4.00. The van der Waals surface area contributed by atoms with Crippen LogP contribution in [0.2, 0.25) is 0 Å². The summed E-state index contributed by atoms with van der Waals surface area (Å²) in [5.74, 6) is -0.159. The van der Waals surface area contributed by atoms with Crippen molar-refractivity contribution in [3.63, 3.8) is 0 Å². The lowest BCUT2D eigenvalue weighted by Gasteiger charge is -2.03. The van der Waals surface area contributed by atoms with Crippen molar-refractivity contribution in [2.75, 3.05) is 0 Å². The van der Waals surface area contributed by atoms with Gasteiger partial charge in [-0.3, -0.25) is 4.79 Å². The topological polar surface area (TPSA) is 64.7 Å². The molecule has 6 nitrogen and oxygen atoms in total. The quantitative estimate of drug-likeness (QED) is 0.500. The minimum absolute atomic E-state index is 0.159. The summed E-state index contributed by atoms with van der Waals surface area (Å²) >= 11 is 0. The highest BCUT2D eigenvalue weighted by Gasteiger charge is 2.11. The van der Waals surface area contributed by atoms with Gasteiger partial charge < -0.3 is 5.32 Å². The number of carbonyl (C=O) groups excluding carboxylic acids is 1. The van der Waals surface area contributed by atoms with Crippen LogP contribution < -0.4 is 5.32 Å². The molecule has 0 saturated carbocycles. The van der Waals surface area contributed by atoms with E-state index in [1.54, 1.807) is 17.0 Å². The zero-order chi connectivity index (χ0) is 20.9. The molecule has 2 aromatic heterocycles. The minimum Gasteiger partial charge on any atom is -0.348 e. The number of aryl methyl sites for hydroxylation is 1. The Morgan fingerprint density at radius 1 is 1.00 bits per heavy atom. The van der Waals surface area contributed by atoms with E-state index in [1.807, 2.05) is 91.5 Å². The van der Waals surface area contributed by atoms with Crippen LogP contribution in [0.3, 0.4) is 0 Å². The van der Waals surface area contributed by atoms with Crippen molar-refractivity contribution < 1.29 is 4.79 Å². The molecule has 0 bridgehead atoms. The highest BCUT2D eigenvalue weighted by Crippen LogP contribution is 2.19. The molecule has 6 heteroatoms. The summed E-state index contributed by atoms with van der Waals surface area (Å²) in [6.45, 7) is 4.36. The molecular formula is C24H23N5O. The van der Waals surface area contributed by atoms with Crippen molar-refractivity contribution in [2.45, 2.75) is 20.4 Å². The Morgan fingerprint density at radius 3 is 2.37 bits per heavy atom. The van der Waals surface area contributed by atoms with E-state index in [0.717, 1.165) is 33.9 Å². The maximum atomic E-state index is 12.3. The monoisotopic (exact) mass is 397 g/mol. The number of aromatic nitrogens is 4. The molecule has 2 aromatic carbocycles. The molecule has 0 spiro atoms. The van der Waals surface area contributed by atoms with Crippen LogP contribution in [0.15, 0.2) is 79.1 Å². The van der Waals surface area contributed by atoms with E-state index in [-0.39, 0.29) is 5.91 Å². The van der Waals surface area contributed by atoms with Gasteiger partial charge in [-0.2, -0.15) is 10.2 Å². The molecule has 0 aliphatic rings. The lowest BCUT2D eigenvalue weighted by molar-refractivity contribution is -0.116. The van der Waals surface area contributed by atoms with Gasteiger partial charge in [0.1, 0.15) is 0 Å². The average molecular weight is 397 g/mol. The number of amides is 1. The third-order valence-corrected chi connectivity index (χ3v) is 4.87. The van der Waals surface area contributed by atoms with Gasteiger partial charge in [0, 0.05) is 35.6 Å². The molecule has 1 N–H and O–H groups in total. The fourth-order valence-electron chi connectivity index (χ4n) is 3.30. The summed E-state index contributed by atoms with van der Waals surface area (Å²) < 4.78 is 3.69. The van der Waals surface area contributed by atoms with Crippen LogP contribution in [0.25, 0.3) is 17.5 Å². The maximum absolute atomic E-state index is 12.3. The number of rotatable bonds is 6. The number of hydrogen-bond acceptors (Lipinski definition) is 3. The van der Waals surface area contributed by atoms with Crippen LogP contribution in [0.4, 0.5) is 0 Å². The van der Waals surface area contributed by atoms with Crippen LogP contribution in [-0.2, 0) is 11.3 Å². The van der Waals surface area contributed by atoms with E-state index >= 15 is 0 Å². The van der Waals surface area contributed by atoms with Gasteiger partial charge in [-0.15, -0.1) is 0 Å². The molecule has 150 valence electrons. The molecular weight excluding hydrogens is 374 g/mol. The highest BCUT2D eigenvalue weighted by molar-refractivity contribution is 5.92. The van der Waals surface area contributed by atoms with E-state index < -0.39 is 0 Å². The van der Waals surface area contributed by atoms with E-state index in [0.29, 0.717) is 6.54 Å². The molecule has 1 amide bonds. The SMILES string of the molecule is Cc1nn(-c2ccccc2)c(C)c1/C=C/C(=O)NCc1cnn(-c2ccccc2)c1. The number of benzene rings is 2. The fourth-order valence-corrected chi connectivity index (χ4v) is 3.30. The zero-order valence-electron chi connectivity index (χ0n) is 17.0. The standard InChI is InChI=1S/C24H23N5O/c1-18-23(19(2)29(27-18)22-11-7-4-8-12-22)13-14-24(30)25-15-20-16-26-28(17-20)21-9-5-3-6-10-21/h3-14,16-17H,15H2,1-2H3,(H,25,30)/b14-13+. The van der Waals surface area contributed by atoms with Gasteiger partial charge in [-0.05, 0) is 44.2 Å². The first-order valence-electron chi connectivity index (χ1n) is 9.78. The Labute approximate surface area is 175 Å². The molecule has 30 heavy (non-hydrogen) atoms. The lowest BCUT2D eigenvalue weighted by atomic mass is 10.2. The number of nitrogens with one attached hydrogen (secondary N) is 1. The minimum atomic E-state index is -0.159. The number of carbonyl (C=O) groups is 1. The molecule has 0 radical (unpaired) electrons. The second-order valence-corrected chi connectivity index (χ2v) is 7.01. The normalized spacial score (nSPS) is 11.1. The van der Waals surface area contributed by atoms with Crippen LogP contribution in [0, 0.1) is 13.8 Å². The van der Waals surface area contributed by atoms with Crippen LogP contribution in [-0.4, -0.2) is 25.5 Å². The third kappa shape index (κ3) is 4.22. The smallest absolute Gasteiger partial charge is 0.244 e. The van der Waals surface area contributed by atoms with E-state index in [9.17, 15) is 4.79 Å². The Balaban J connectivity index is 1.40. The van der Waals surface area contributed by atoms with E-state index in [4.69, 9.17) is 0 Å². The van der Waals surface area contributed by atoms with Gasteiger partial charge in [0.2, 0.25) is 5.91 Å². The first kappa shape index (κ1) is 19.4. The fraction of sp³-hybridized carbons (Fsp3) is 0.125. The Bertz CT molecular complexity index is 1170.